The first-order valence-electron chi connectivity index (χ1n) is 5.26. The fourth-order valence-corrected chi connectivity index (χ4v) is 1.81. The van der Waals surface area contributed by atoms with E-state index in [1.807, 2.05) is 5.40 Å². The number of amides is 1. The van der Waals surface area contributed by atoms with Crippen LogP contribution in [0.1, 0.15) is 5.76 Å². The lowest BCUT2D eigenvalue weighted by atomic mass is 10.3. The Kier molecular flexibility index (Phi) is 4.05. The van der Waals surface area contributed by atoms with E-state index in [1.165, 1.54) is 6.26 Å². The van der Waals surface area contributed by atoms with Gasteiger partial charge in [0, 0.05) is 10.6 Å². The second-order valence-electron chi connectivity index (χ2n) is 3.52. The number of nitrogens with one attached hydrogen (secondary N) is 1. The van der Waals surface area contributed by atoms with Gasteiger partial charge < -0.3 is 9.73 Å². The zero-order valence-corrected chi connectivity index (χ0v) is 10.2. The Labute approximate surface area is 109 Å². The van der Waals surface area contributed by atoms with Crippen LogP contribution in [0.2, 0.25) is 0 Å². The number of thioether (sulfide) groups is 1. The third-order valence-corrected chi connectivity index (χ3v) is 2.82. The number of anilines is 1. The number of hydrogen-bond donors (Lipinski definition) is 1. The van der Waals surface area contributed by atoms with E-state index in [9.17, 15) is 4.79 Å². The summed E-state index contributed by atoms with van der Waals surface area (Å²) in [4.78, 5) is 12.5. The van der Waals surface area contributed by atoms with Crippen LogP contribution in [0.25, 0.3) is 0 Å². The summed E-state index contributed by atoms with van der Waals surface area (Å²) in [6.45, 7) is 0. The van der Waals surface area contributed by atoms with Gasteiger partial charge in [-0.05, 0) is 48.2 Å². The van der Waals surface area contributed by atoms with Crippen LogP contribution < -0.4 is 5.32 Å². The molecule has 1 amide bonds. The molecule has 0 fully saturated rings. The number of carbonyl (C=O) groups is 1. The van der Waals surface area contributed by atoms with Crippen LogP contribution in [-0.2, 0) is 11.2 Å². The number of furan rings is 1. The molecule has 4 nitrogen and oxygen atoms in total. The minimum Gasteiger partial charge on any atom is -0.469 e. The molecular weight excluding hydrogens is 248 g/mol. The van der Waals surface area contributed by atoms with Crippen LogP contribution in [0.5, 0.6) is 0 Å². The van der Waals surface area contributed by atoms with Gasteiger partial charge in [0.15, 0.2) is 0 Å². The van der Waals surface area contributed by atoms with Gasteiger partial charge in [-0.2, -0.15) is 5.26 Å². The molecule has 0 aliphatic carbocycles. The van der Waals surface area contributed by atoms with Crippen molar-refractivity contribution < 1.29 is 9.21 Å². The summed E-state index contributed by atoms with van der Waals surface area (Å²) < 4.78 is 5.09. The quantitative estimate of drug-likeness (QED) is 0.676. The van der Waals surface area contributed by atoms with Gasteiger partial charge in [-0.25, -0.2) is 0 Å². The summed E-state index contributed by atoms with van der Waals surface area (Å²) in [5.41, 5.74) is 0.703. The van der Waals surface area contributed by atoms with Crippen molar-refractivity contribution in [3.05, 3.63) is 48.4 Å². The van der Waals surface area contributed by atoms with Crippen molar-refractivity contribution in [1.29, 1.82) is 5.26 Å². The van der Waals surface area contributed by atoms with Gasteiger partial charge in [0.05, 0.1) is 12.7 Å². The fourth-order valence-electron chi connectivity index (χ4n) is 1.44. The number of carbonyl (C=O) groups excluding carboxylic acids is 1. The number of hydrogen-bond acceptors (Lipinski definition) is 4. The predicted molar refractivity (Wildman–Crippen MR) is 69.0 cm³/mol. The van der Waals surface area contributed by atoms with Crippen molar-refractivity contribution in [2.45, 2.75) is 11.3 Å². The van der Waals surface area contributed by atoms with Gasteiger partial charge in [0.1, 0.15) is 11.2 Å². The van der Waals surface area contributed by atoms with E-state index in [0.29, 0.717) is 11.4 Å². The Balaban J connectivity index is 1.93. The lowest BCUT2D eigenvalue weighted by Gasteiger charge is -2.04. The highest BCUT2D eigenvalue weighted by Crippen LogP contribution is 2.19. The molecule has 0 bridgehead atoms. The molecule has 0 saturated carbocycles. The first kappa shape index (κ1) is 12.3. The van der Waals surface area contributed by atoms with Gasteiger partial charge in [-0.1, -0.05) is 0 Å². The normalized spacial score (nSPS) is 9.72. The van der Waals surface area contributed by atoms with E-state index in [2.05, 4.69) is 5.32 Å². The SMILES string of the molecule is N#CSc1ccc(NC(=O)Cc2ccco2)cc1. The van der Waals surface area contributed by atoms with Crippen LogP contribution in [0.4, 0.5) is 5.69 Å². The molecule has 1 aromatic carbocycles. The molecule has 0 aliphatic heterocycles. The maximum atomic E-state index is 11.7. The Morgan fingerprint density at radius 3 is 2.72 bits per heavy atom. The van der Waals surface area contributed by atoms with Crippen LogP contribution in [-0.4, -0.2) is 5.91 Å². The van der Waals surface area contributed by atoms with Crippen LogP contribution in [0.3, 0.4) is 0 Å². The average molecular weight is 258 g/mol. The number of nitrogens with zero attached hydrogens (tertiary/aromatic N) is 1. The molecule has 1 aromatic heterocycles. The summed E-state index contributed by atoms with van der Waals surface area (Å²) in [5, 5.41) is 13.3. The molecule has 1 N–H and O–H groups in total. The molecule has 0 atom stereocenters. The number of benzene rings is 1. The van der Waals surface area contributed by atoms with E-state index in [4.69, 9.17) is 9.68 Å². The number of thiocyanates is 1. The van der Waals surface area contributed by atoms with E-state index in [0.717, 1.165) is 16.7 Å². The Hall–Kier alpha value is -2.19. The Bertz CT molecular complexity index is 556. The lowest BCUT2D eigenvalue weighted by Crippen LogP contribution is -2.13. The van der Waals surface area contributed by atoms with E-state index < -0.39 is 0 Å². The predicted octanol–water partition coefficient (Wildman–Crippen LogP) is 3.03. The highest BCUT2D eigenvalue weighted by atomic mass is 32.2. The van der Waals surface area contributed by atoms with Crippen LogP contribution >= 0.6 is 11.8 Å². The second kappa shape index (κ2) is 5.94. The van der Waals surface area contributed by atoms with Gasteiger partial charge in [0.25, 0.3) is 0 Å². The molecule has 2 rings (SSSR count). The number of nitriles is 1. The molecule has 1 heterocycles. The van der Waals surface area contributed by atoms with Crippen molar-refractivity contribution in [2.75, 3.05) is 5.32 Å². The maximum absolute atomic E-state index is 11.7. The molecule has 0 spiro atoms. The van der Waals surface area contributed by atoms with Gasteiger partial charge in [-0.3, -0.25) is 4.79 Å². The molecule has 5 heteroatoms. The molecule has 0 aliphatic rings. The first-order valence-corrected chi connectivity index (χ1v) is 6.08. The second-order valence-corrected chi connectivity index (χ2v) is 4.38. The minimum absolute atomic E-state index is 0.134. The minimum atomic E-state index is -0.134. The van der Waals surface area contributed by atoms with Crippen molar-refractivity contribution in [3.8, 4) is 5.40 Å². The highest BCUT2D eigenvalue weighted by molar-refractivity contribution is 8.03. The zero-order chi connectivity index (χ0) is 12.8. The van der Waals surface area contributed by atoms with Crippen molar-refractivity contribution in [2.24, 2.45) is 0 Å². The van der Waals surface area contributed by atoms with E-state index >= 15 is 0 Å². The van der Waals surface area contributed by atoms with E-state index in [-0.39, 0.29) is 12.3 Å². The fraction of sp³-hybridized carbons (Fsp3) is 0.0769. The van der Waals surface area contributed by atoms with Gasteiger partial charge in [0.2, 0.25) is 5.91 Å². The van der Waals surface area contributed by atoms with Crippen molar-refractivity contribution in [1.82, 2.24) is 0 Å². The molecule has 0 saturated heterocycles. The Morgan fingerprint density at radius 1 is 1.33 bits per heavy atom. The summed E-state index contributed by atoms with van der Waals surface area (Å²) in [5.74, 6) is 0.495. The molecular formula is C13H10N2O2S. The van der Waals surface area contributed by atoms with Gasteiger partial charge in [-0.15, -0.1) is 0 Å². The smallest absolute Gasteiger partial charge is 0.231 e. The average Bonchev–Trinajstić information content (AvgIpc) is 2.84. The van der Waals surface area contributed by atoms with Crippen LogP contribution in [0, 0.1) is 10.7 Å². The summed E-state index contributed by atoms with van der Waals surface area (Å²) in [7, 11) is 0. The topological polar surface area (TPSA) is 66.0 Å². The van der Waals surface area contributed by atoms with Crippen molar-refractivity contribution >= 4 is 23.4 Å². The van der Waals surface area contributed by atoms with Gasteiger partial charge >= 0.3 is 0 Å². The summed E-state index contributed by atoms with van der Waals surface area (Å²) >= 11 is 1.08. The maximum Gasteiger partial charge on any atom is 0.231 e. The largest absolute Gasteiger partial charge is 0.469 e. The molecule has 0 unspecified atom stereocenters. The van der Waals surface area contributed by atoms with E-state index in [1.54, 1.807) is 36.4 Å². The highest BCUT2D eigenvalue weighted by Gasteiger charge is 2.06. The summed E-state index contributed by atoms with van der Waals surface area (Å²) in [6, 6.07) is 10.6. The lowest BCUT2D eigenvalue weighted by molar-refractivity contribution is -0.115. The first-order chi connectivity index (χ1) is 8.78. The molecule has 18 heavy (non-hydrogen) atoms. The monoisotopic (exact) mass is 258 g/mol. The number of rotatable bonds is 4. The van der Waals surface area contributed by atoms with Crippen LogP contribution in [0.15, 0.2) is 52.0 Å². The van der Waals surface area contributed by atoms with Crippen molar-refractivity contribution in [3.63, 3.8) is 0 Å². The molecule has 90 valence electrons. The third-order valence-electron chi connectivity index (χ3n) is 2.22. The zero-order valence-electron chi connectivity index (χ0n) is 9.42. The standard InChI is InChI=1S/C13H10N2O2S/c14-9-18-12-5-3-10(4-6-12)15-13(16)8-11-2-1-7-17-11/h1-7H,8H2,(H,15,16). The summed E-state index contributed by atoms with van der Waals surface area (Å²) in [6.07, 6.45) is 1.75. The third kappa shape index (κ3) is 3.40. The Morgan fingerprint density at radius 2 is 2.11 bits per heavy atom. The molecule has 0 radical (unpaired) electrons. The molecule has 2 aromatic rings.